The first kappa shape index (κ1) is 27.4. The third-order valence-corrected chi connectivity index (χ3v) is 7.34. The Kier molecular flexibility index (Phi) is 7.39. The SMILES string of the molecule is COc1cccc(C(=O)N2Cc3c(C)c(-c4ccc(C)cc4)c(C(OC(C)(C)C)C(=O)O)c(C)c3C2)c1C. The largest absolute Gasteiger partial charge is 0.496 e. The molecule has 0 spiro atoms. The number of fused-ring (bicyclic) bond motifs is 1. The molecule has 0 saturated carbocycles. The maximum atomic E-state index is 13.7. The molecule has 38 heavy (non-hydrogen) atoms. The Balaban J connectivity index is 1.89. The Bertz CT molecular complexity index is 1400. The molecule has 1 aliphatic rings. The Morgan fingerprint density at radius 2 is 1.50 bits per heavy atom. The van der Waals surface area contributed by atoms with Crippen molar-refractivity contribution < 1.29 is 24.2 Å². The predicted molar refractivity (Wildman–Crippen MR) is 149 cm³/mol. The van der Waals surface area contributed by atoms with Crippen LogP contribution in [-0.4, -0.2) is 34.6 Å². The van der Waals surface area contributed by atoms with E-state index in [0.717, 1.165) is 44.5 Å². The maximum Gasteiger partial charge on any atom is 0.337 e. The van der Waals surface area contributed by atoms with Crippen LogP contribution in [-0.2, 0) is 22.6 Å². The number of amides is 1. The average Bonchev–Trinajstić information content (AvgIpc) is 3.31. The number of carbonyl (C=O) groups excluding carboxylic acids is 1. The van der Waals surface area contributed by atoms with Gasteiger partial charge in [0.15, 0.2) is 6.10 Å². The Morgan fingerprint density at radius 1 is 0.895 bits per heavy atom. The third kappa shape index (κ3) is 5.05. The van der Waals surface area contributed by atoms with Crippen molar-refractivity contribution in [1.29, 1.82) is 0 Å². The lowest BCUT2D eigenvalue weighted by Gasteiger charge is -2.29. The number of carboxylic acids is 1. The summed E-state index contributed by atoms with van der Waals surface area (Å²) in [6, 6.07) is 13.6. The summed E-state index contributed by atoms with van der Waals surface area (Å²) in [5, 5.41) is 10.3. The van der Waals surface area contributed by atoms with Crippen LogP contribution in [0.5, 0.6) is 5.75 Å². The Labute approximate surface area is 225 Å². The van der Waals surface area contributed by atoms with Crippen LogP contribution in [0.15, 0.2) is 42.5 Å². The number of aryl methyl sites for hydroxylation is 1. The van der Waals surface area contributed by atoms with Crippen LogP contribution < -0.4 is 4.74 Å². The number of rotatable bonds is 6. The van der Waals surface area contributed by atoms with E-state index in [1.54, 1.807) is 7.11 Å². The van der Waals surface area contributed by atoms with Gasteiger partial charge in [0.2, 0.25) is 0 Å². The number of hydrogen-bond donors (Lipinski definition) is 1. The van der Waals surface area contributed by atoms with Crippen LogP contribution in [0, 0.1) is 27.7 Å². The quantitative estimate of drug-likeness (QED) is 0.396. The summed E-state index contributed by atoms with van der Waals surface area (Å²) in [7, 11) is 1.60. The van der Waals surface area contributed by atoms with Crippen molar-refractivity contribution in [2.45, 2.75) is 73.3 Å². The van der Waals surface area contributed by atoms with Crippen molar-refractivity contribution >= 4 is 11.9 Å². The molecule has 1 unspecified atom stereocenters. The number of benzene rings is 3. The van der Waals surface area contributed by atoms with Gasteiger partial charge < -0.3 is 19.5 Å². The van der Waals surface area contributed by atoms with Gasteiger partial charge in [0, 0.05) is 29.8 Å². The lowest BCUT2D eigenvalue weighted by molar-refractivity contribution is -0.160. The van der Waals surface area contributed by atoms with E-state index < -0.39 is 17.7 Å². The summed E-state index contributed by atoms with van der Waals surface area (Å²) in [5.41, 5.74) is 8.20. The summed E-state index contributed by atoms with van der Waals surface area (Å²) in [6.45, 7) is 14.3. The Hall–Kier alpha value is -3.64. The van der Waals surface area contributed by atoms with Gasteiger partial charge >= 0.3 is 5.97 Å². The van der Waals surface area contributed by atoms with Crippen molar-refractivity contribution in [3.05, 3.63) is 87.0 Å². The molecule has 0 aliphatic carbocycles. The number of carboxylic acid groups (broad SMARTS) is 1. The molecule has 3 aromatic carbocycles. The maximum absolute atomic E-state index is 13.7. The molecule has 3 aromatic rings. The molecule has 1 aliphatic heterocycles. The van der Waals surface area contributed by atoms with Gasteiger partial charge in [-0.05, 0) is 94.0 Å². The lowest BCUT2D eigenvalue weighted by Crippen LogP contribution is -2.28. The highest BCUT2D eigenvalue weighted by Crippen LogP contribution is 2.44. The van der Waals surface area contributed by atoms with Gasteiger partial charge in [-0.3, -0.25) is 4.79 Å². The van der Waals surface area contributed by atoms with E-state index in [1.807, 2.05) is 95.8 Å². The molecule has 1 amide bonds. The van der Waals surface area contributed by atoms with Crippen LogP contribution in [0.1, 0.15) is 76.2 Å². The van der Waals surface area contributed by atoms with Crippen LogP contribution in [0.25, 0.3) is 11.1 Å². The third-order valence-electron chi connectivity index (χ3n) is 7.34. The molecule has 0 fully saturated rings. The van der Waals surface area contributed by atoms with Crippen molar-refractivity contribution in [2.24, 2.45) is 0 Å². The van der Waals surface area contributed by atoms with Crippen LogP contribution in [0.2, 0.25) is 0 Å². The summed E-state index contributed by atoms with van der Waals surface area (Å²) < 4.78 is 11.6. The van der Waals surface area contributed by atoms with E-state index in [9.17, 15) is 14.7 Å². The monoisotopic (exact) mass is 515 g/mol. The molecule has 1 atom stereocenters. The predicted octanol–water partition coefficient (Wildman–Crippen LogP) is 6.69. The molecule has 200 valence electrons. The van der Waals surface area contributed by atoms with E-state index in [1.165, 1.54) is 0 Å². The molecule has 4 rings (SSSR count). The number of nitrogens with zero attached hydrogens (tertiary/aromatic N) is 1. The molecule has 0 aromatic heterocycles. The van der Waals surface area contributed by atoms with Crippen LogP contribution >= 0.6 is 0 Å². The van der Waals surface area contributed by atoms with E-state index in [-0.39, 0.29) is 5.91 Å². The summed E-state index contributed by atoms with van der Waals surface area (Å²) in [4.78, 5) is 28.1. The van der Waals surface area contributed by atoms with E-state index in [2.05, 4.69) is 0 Å². The standard InChI is InChI=1S/C32H37NO5/c1-18-12-14-22(15-13-18)27-20(3)24-16-33(30(34)23-10-9-11-26(37-8)19(23)2)17-25(24)21(4)28(27)29(31(35)36)38-32(5,6)7/h9-15,29H,16-17H2,1-8H3,(H,35,36). The fraction of sp³-hybridized carbons (Fsp3) is 0.375. The highest BCUT2D eigenvalue weighted by Gasteiger charge is 2.36. The summed E-state index contributed by atoms with van der Waals surface area (Å²) in [5.74, 6) is -0.434. The highest BCUT2D eigenvalue weighted by molar-refractivity contribution is 5.97. The molecule has 1 N–H and O–H groups in total. The molecular formula is C32H37NO5. The lowest BCUT2D eigenvalue weighted by atomic mass is 9.83. The first-order chi connectivity index (χ1) is 17.8. The van der Waals surface area contributed by atoms with Gasteiger partial charge in [-0.15, -0.1) is 0 Å². The zero-order valence-electron chi connectivity index (χ0n) is 23.6. The molecule has 0 saturated heterocycles. The average molecular weight is 516 g/mol. The minimum absolute atomic E-state index is 0.0736. The summed E-state index contributed by atoms with van der Waals surface area (Å²) in [6.07, 6.45) is -1.15. The zero-order valence-corrected chi connectivity index (χ0v) is 23.6. The minimum Gasteiger partial charge on any atom is -0.496 e. The molecule has 0 radical (unpaired) electrons. The van der Waals surface area contributed by atoms with Crippen LogP contribution in [0.3, 0.4) is 0 Å². The summed E-state index contributed by atoms with van der Waals surface area (Å²) >= 11 is 0. The molecular weight excluding hydrogens is 478 g/mol. The zero-order chi connectivity index (χ0) is 27.9. The van der Waals surface area contributed by atoms with Gasteiger partial charge in [0.05, 0.1) is 12.7 Å². The second kappa shape index (κ2) is 10.3. The normalized spacial score (nSPS) is 13.8. The fourth-order valence-electron chi connectivity index (χ4n) is 5.41. The van der Waals surface area contributed by atoms with E-state index >= 15 is 0 Å². The van der Waals surface area contributed by atoms with Crippen molar-refractivity contribution in [3.8, 4) is 16.9 Å². The van der Waals surface area contributed by atoms with Gasteiger partial charge in [0.25, 0.3) is 5.91 Å². The smallest absolute Gasteiger partial charge is 0.337 e. The Morgan fingerprint density at radius 3 is 2.05 bits per heavy atom. The van der Waals surface area contributed by atoms with Crippen LogP contribution in [0.4, 0.5) is 0 Å². The van der Waals surface area contributed by atoms with E-state index in [4.69, 9.17) is 9.47 Å². The first-order valence-corrected chi connectivity index (χ1v) is 12.9. The number of methoxy groups -OCH3 is 1. The van der Waals surface area contributed by atoms with Gasteiger partial charge in [-0.2, -0.15) is 0 Å². The first-order valence-electron chi connectivity index (χ1n) is 12.9. The number of hydrogen-bond acceptors (Lipinski definition) is 4. The molecule has 6 nitrogen and oxygen atoms in total. The topological polar surface area (TPSA) is 76.1 Å². The number of carbonyl (C=O) groups is 2. The second-order valence-electron chi connectivity index (χ2n) is 11.1. The van der Waals surface area contributed by atoms with Gasteiger partial charge in [-0.1, -0.05) is 35.9 Å². The van der Waals surface area contributed by atoms with Crippen molar-refractivity contribution in [3.63, 3.8) is 0 Å². The van der Waals surface area contributed by atoms with E-state index in [0.29, 0.717) is 30.0 Å². The highest BCUT2D eigenvalue weighted by atomic mass is 16.5. The number of aliphatic carboxylic acids is 1. The molecule has 6 heteroatoms. The molecule has 0 bridgehead atoms. The van der Waals surface area contributed by atoms with Gasteiger partial charge in [0.1, 0.15) is 5.75 Å². The minimum atomic E-state index is -1.15. The number of ether oxygens (including phenoxy) is 2. The van der Waals surface area contributed by atoms with Gasteiger partial charge in [-0.25, -0.2) is 4.79 Å². The van der Waals surface area contributed by atoms with Crippen molar-refractivity contribution in [2.75, 3.05) is 7.11 Å². The molecule has 1 heterocycles. The fourth-order valence-corrected chi connectivity index (χ4v) is 5.41. The van der Waals surface area contributed by atoms with Crippen molar-refractivity contribution in [1.82, 2.24) is 4.90 Å². The second-order valence-corrected chi connectivity index (χ2v) is 11.1.